The van der Waals surface area contributed by atoms with Gasteiger partial charge < -0.3 is 5.32 Å². The minimum absolute atomic E-state index is 0.205. The molecule has 120 valence electrons. The number of nitriles is 2. The second-order valence-corrected chi connectivity index (χ2v) is 5.65. The SMILES string of the molecule is N#CC(=CNc1ccccc1Sc1ncccc1C#N)c1nn[nH]n1. The van der Waals surface area contributed by atoms with Gasteiger partial charge in [0, 0.05) is 17.3 Å². The van der Waals surface area contributed by atoms with E-state index in [0.29, 0.717) is 10.6 Å². The zero-order chi connectivity index (χ0) is 17.5. The molecule has 2 N–H and O–H groups in total. The molecule has 1 aromatic carbocycles. The Bertz CT molecular complexity index is 982. The van der Waals surface area contributed by atoms with Crippen molar-refractivity contribution < 1.29 is 0 Å². The molecule has 0 atom stereocenters. The topological polar surface area (TPSA) is 127 Å². The Morgan fingerprint density at radius 2 is 2.08 bits per heavy atom. The fraction of sp³-hybridized carbons (Fsp3) is 0. The summed E-state index contributed by atoms with van der Waals surface area (Å²) in [5.74, 6) is 0.205. The summed E-state index contributed by atoms with van der Waals surface area (Å²) in [6, 6.07) is 15.1. The Labute approximate surface area is 147 Å². The average molecular weight is 346 g/mol. The third-order valence-corrected chi connectivity index (χ3v) is 4.16. The van der Waals surface area contributed by atoms with E-state index < -0.39 is 0 Å². The van der Waals surface area contributed by atoms with Gasteiger partial charge in [0.15, 0.2) is 0 Å². The van der Waals surface area contributed by atoms with Crippen LogP contribution < -0.4 is 5.32 Å². The number of hydrogen-bond acceptors (Lipinski definition) is 8. The van der Waals surface area contributed by atoms with Gasteiger partial charge >= 0.3 is 0 Å². The summed E-state index contributed by atoms with van der Waals surface area (Å²) in [5, 5.41) is 35.4. The maximum Gasteiger partial charge on any atom is 0.216 e. The van der Waals surface area contributed by atoms with Gasteiger partial charge in [0.05, 0.1) is 11.3 Å². The van der Waals surface area contributed by atoms with Gasteiger partial charge in [0.2, 0.25) is 5.82 Å². The number of pyridine rings is 1. The van der Waals surface area contributed by atoms with Crippen LogP contribution in [0.3, 0.4) is 0 Å². The van der Waals surface area contributed by atoms with E-state index in [0.717, 1.165) is 10.6 Å². The minimum atomic E-state index is 0.205. The van der Waals surface area contributed by atoms with Crippen molar-refractivity contribution in [3.63, 3.8) is 0 Å². The molecule has 0 aliphatic rings. The number of anilines is 1. The molecular weight excluding hydrogens is 336 g/mol. The van der Waals surface area contributed by atoms with E-state index in [1.54, 1.807) is 18.3 Å². The Balaban J connectivity index is 1.87. The molecule has 2 heterocycles. The second-order valence-electron chi connectivity index (χ2n) is 4.62. The highest BCUT2D eigenvalue weighted by molar-refractivity contribution is 7.99. The first kappa shape index (κ1) is 16.2. The molecule has 0 unspecified atom stereocenters. The molecule has 0 aliphatic carbocycles. The van der Waals surface area contributed by atoms with E-state index in [9.17, 15) is 10.5 Å². The first-order valence-corrected chi connectivity index (χ1v) is 7.86. The zero-order valence-electron chi connectivity index (χ0n) is 12.7. The standard InChI is InChI=1S/C16H10N8S/c17-8-11-4-3-7-19-16(11)25-14-6-2-1-5-13(14)20-10-12(9-18)15-21-23-24-22-15/h1-7,10,20H,(H,21,22,23,24). The second kappa shape index (κ2) is 7.73. The fourth-order valence-corrected chi connectivity index (χ4v) is 2.84. The highest BCUT2D eigenvalue weighted by atomic mass is 32.2. The van der Waals surface area contributed by atoms with Gasteiger partial charge in [0.1, 0.15) is 22.7 Å². The van der Waals surface area contributed by atoms with Crippen molar-refractivity contribution in [1.82, 2.24) is 25.6 Å². The first-order chi connectivity index (χ1) is 12.3. The van der Waals surface area contributed by atoms with Crippen molar-refractivity contribution in [2.45, 2.75) is 9.92 Å². The summed E-state index contributed by atoms with van der Waals surface area (Å²) in [6.07, 6.45) is 3.15. The van der Waals surface area contributed by atoms with Crippen LogP contribution in [-0.2, 0) is 0 Å². The van der Waals surface area contributed by atoms with Crippen LogP contribution >= 0.6 is 11.8 Å². The van der Waals surface area contributed by atoms with E-state index in [-0.39, 0.29) is 11.4 Å². The van der Waals surface area contributed by atoms with Gasteiger partial charge in [-0.2, -0.15) is 15.7 Å². The van der Waals surface area contributed by atoms with Gasteiger partial charge in [-0.15, -0.1) is 10.2 Å². The molecule has 0 aliphatic heterocycles. The summed E-state index contributed by atoms with van der Waals surface area (Å²) in [6.45, 7) is 0. The molecule has 0 saturated carbocycles. The van der Waals surface area contributed by atoms with Crippen molar-refractivity contribution in [2.75, 3.05) is 5.32 Å². The van der Waals surface area contributed by atoms with Gasteiger partial charge in [0.25, 0.3) is 0 Å². The number of tetrazole rings is 1. The third kappa shape index (κ3) is 3.80. The first-order valence-electron chi connectivity index (χ1n) is 7.04. The van der Waals surface area contributed by atoms with Gasteiger partial charge in [-0.05, 0) is 29.5 Å². The Morgan fingerprint density at radius 1 is 1.20 bits per heavy atom. The number of para-hydroxylation sites is 1. The van der Waals surface area contributed by atoms with Crippen molar-refractivity contribution >= 4 is 23.0 Å². The van der Waals surface area contributed by atoms with Gasteiger partial charge in [-0.1, -0.05) is 23.9 Å². The molecule has 3 aromatic rings. The van der Waals surface area contributed by atoms with E-state index in [2.05, 4.69) is 37.0 Å². The van der Waals surface area contributed by atoms with Crippen LogP contribution in [0.1, 0.15) is 11.4 Å². The van der Waals surface area contributed by atoms with Crippen LogP contribution in [0.2, 0.25) is 0 Å². The normalized spacial score (nSPS) is 10.7. The molecule has 25 heavy (non-hydrogen) atoms. The molecular formula is C16H10N8S. The van der Waals surface area contributed by atoms with Crippen LogP contribution in [0.25, 0.3) is 5.57 Å². The Morgan fingerprint density at radius 3 is 2.84 bits per heavy atom. The monoisotopic (exact) mass is 346 g/mol. The highest BCUT2D eigenvalue weighted by Crippen LogP contribution is 2.33. The van der Waals surface area contributed by atoms with Crippen molar-refractivity contribution in [1.29, 1.82) is 10.5 Å². The number of aromatic nitrogens is 5. The molecule has 2 aromatic heterocycles. The number of H-pyrrole nitrogens is 1. The lowest BCUT2D eigenvalue weighted by Crippen LogP contribution is -1.95. The quantitative estimate of drug-likeness (QED) is 0.675. The lowest BCUT2D eigenvalue weighted by atomic mass is 10.3. The average Bonchev–Trinajstić information content (AvgIpc) is 3.18. The third-order valence-electron chi connectivity index (χ3n) is 3.06. The predicted molar refractivity (Wildman–Crippen MR) is 90.9 cm³/mol. The van der Waals surface area contributed by atoms with Gasteiger partial charge in [-0.3, -0.25) is 0 Å². The molecule has 0 saturated heterocycles. The molecule has 3 rings (SSSR count). The Hall–Kier alpha value is -3.69. The van der Waals surface area contributed by atoms with Gasteiger partial charge in [-0.25, -0.2) is 4.98 Å². The van der Waals surface area contributed by atoms with Crippen LogP contribution in [0.4, 0.5) is 5.69 Å². The number of hydrogen-bond donors (Lipinski definition) is 2. The van der Waals surface area contributed by atoms with Crippen molar-refractivity contribution in [3.05, 3.63) is 60.2 Å². The zero-order valence-corrected chi connectivity index (χ0v) is 13.5. The van der Waals surface area contributed by atoms with Crippen LogP contribution in [0.5, 0.6) is 0 Å². The fourth-order valence-electron chi connectivity index (χ4n) is 1.91. The van der Waals surface area contributed by atoms with Crippen LogP contribution in [0.15, 0.2) is 58.7 Å². The summed E-state index contributed by atoms with van der Waals surface area (Å²) in [7, 11) is 0. The number of benzene rings is 1. The molecule has 0 spiro atoms. The maximum atomic E-state index is 9.22. The number of aromatic amines is 1. The molecule has 9 heteroatoms. The molecule has 8 nitrogen and oxygen atoms in total. The number of allylic oxidation sites excluding steroid dienone is 1. The molecule has 0 radical (unpaired) electrons. The lowest BCUT2D eigenvalue weighted by molar-refractivity contribution is 0.881. The maximum absolute atomic E-state index is 9.22. The predicted octanol–water partition coefficient (Wildman–Crippen LogP) is 2.59. The largest absolute Gasteiger partial charge is 0.359 e. The minimum Gasteiger partial charge on any atom is -0.359 e. The van der Waals surface area contributed by atoms with E-state index >= 15 is 0 Å². The number of rotatable bonds is 5. The van der Waals surface area contributed by atoms with E-state index in [4.69, 9.17) is 0 Å². The summed E-state index contributed by atoms with van der Waals surface area (Å²) in [4.78, 5) is 5.11. The highest BCUT2D eigenvalue weighted by Gasteiger charge is 2.10. The van der Waals surface area contributed by atoms with E-state index in [1.807, 2.05) is 30.3 Å². The molecule has 0 amide bonds. The number of nitrogens with one attached hydrogen (secondary N) is 2. The summed E-state index contributed by atoms with van der Waals surface area (Å²) < 4.78 is 0. The Kier molecular flexibility index (Phi) is 5.00. The van der Waals surface area contributed by atoms with Crippen LogP contribution in [-0.4, -0.2) is 25.6 Å². The van der Waals surface area contributed by atoms with E-state index in [1.165, 1.54) is 18.0 Å². The molecule has 0 bridgehead atoms. The summed E-state index contributed by atoms with van der Waals surface area (Å²) >= 11 is 1.36. The number of nitrogens with zero attached hydrogens (tertiary/aromatic N) is 6. The molecule has 0 fully saturated rings. The smallest absolute Gasteiger partial charge is 0.216 e. The van der Waals surface area contributed by atoms with Crippen LogP contribution in [0, 0.1) is 22.7 Å². The summed E-state index contributed by atoms with van der Waals surface area (Å²) in [5.41, 5.74) is 1.50. The lowest BCUT2D eigenvalue weighted by Gasteiger charge is -2.09. The van der Waals surface area contributed by atoms with Crippen molar-refractivity contribution in [2.24, 2.45) is 0 Å². The van der Waals surface area contributed by atoms with Crippen molar-refractivity contribution in [3.8, 4) is 12.1 Å².